The van der Waals surface area contributed by atoms with Gasteiger partial charge in [0.15, 0.2) is 17.5 Å². The quantitative estimate of drug-likeness (QED) is 0.171. The van der Waals surface area contributed by atoms with Gasteiger partial charge in [-0.2, -0.15) is 0 Å². The van der Waals surface area contributed by atoms with Crippen LogP contribution in [0.25, 0.3) is 104 Å². The molecule has 0 unspecified atom stereocenters. The molecule has 0 aliphatic carbocycles. The average molecular weight is 733 g/mol. The Hall–Kier alpha value is -7.21. The Morgan fingerprint density at radius 2 is 0.893 bits per heavy atom. The molecule has 0 N–H and O–H groups in total. The van der Waals surface area contributed by atoms with E-state index < -0.39 is 0 Å². The zero-order valence-corrected chi connectivity index (χ0v) is 31.0. The molecular formula is C51H32N4S. The van der Waals surface area contributed by atoms with Crippen molar-refractivity contribution in [3.05, 3.63) is 194 Å². The van der Waals surface area contributed by atoms with Crippen LogP contribution in [0.3, 0.4) is 0 Å². The van der Waals surface area contributed by atoms with E-state index >= 15 is 0 Å². The third kappa shape index (κ3) is 5.40. The first-order valence-corrected chi connectivity index (χ1v) is 19.6. The van der Waals surface area contributed by atoms with Crippen molar-refractivity contribution in [2.24, 2.45) is 0 Å². The summed E-state index contributed by atoms with van der Waals surface area (Å²) < 4.78 is 5.05. The summed E-state index contributed by atoms with van der Waals surface area (Å²) in [6, 6.07) is 68.6. The molecule has 4 nitrogen and oxygen atoms in total. The fourth-order valence-corrected chi connectivity index (χ4v) is 9.29. The highest BCUT2D eigenvalue weighted by molar-refractivity contribution is 7.26. The molecule has 0 spiro atoms. The lowest BCUT2D eigenvalue weighted by molar-refractivity contribution is 1.07. The molecule has 0 bridgehead atoms. The van der Waals surface area contributed by atoms with Crippen LogP contribution in [0.5, 0.6) is 0 Å². The predicted octanol–water partition coefficient (Wildman–Crippen LogP) is 13.7. The summed E-state index contributed by atoms with van der Waals surface area (Å²) in [4.78, 5) is 15.0. The maximum absolute atomic E-state index is 5.04. The highest BCUT2D eigenvalue weighted by atomic mass is 32.1. The Kier molecular flexibility index (Phi) is 7.64. The maximum atomic E-state index is 5.04. The first-order valence-electron chi connectivity index (χ1n) is 18.8. The van der Waals surface area contributed by atoms with Gasteiger partial charge in [-0.25, -0.2) is 15.0 Å². The smallest absolute Gasteiger partial charge is 0.164 e. The molecule has 0 aliphatic heterocycles. The fraction of sp³-hybridized carbons (Fsp3) is 0. The molecule has 3 aromatic heterocycles. The largest absolute Gasteiger partial charge is 0.309 e. The van der Waals surface area contributed by atoms with Gasteiger partial charge in [0.2, 0.25) is 0 Å². The van der Waals surface area contributed by atoms with Crippen molar-refractivity contribution in [1.82, 2.24) is 19.5 Å². The Labute approximate surface area is 327 Å². The van der Waals surface area contributed by atoms with Crippen LogP contribution in [0.2, 0.25) is 0 Å². The van der Waals surface area contributed by atoms with E-state index in [1.54, 1.807) is 0 Å². The van der Waals surface area contributed by atoms with E-state index in [0.29, 0.717) is 17.5 Å². The van der Waals surface area contributed by atoms with Gasteiger partial charge in [0.05, 0.1) is 11.0 Å². The summed E-state index contributed by atoms with van der Waals surface area (Å²) in [6.07, 6.45) is 0. The summed E-state index contributed by atoms with van der Waals surface area (Å²) in [5, 5.41) is 4.98. The third-order valence-electron chi connectivity index (χ3n) is 10.6. The minimum atomic E-state index is 0.638. The van der Waals surface area contributed by atoms with Crippen molar-refractivity contribution in [1.29, 1.82) is 0 Å². The van der Waals surface area contributed by atoms with Gasteiger partial charge < -0.3 is 4.57 Å². The topological polar surface area (TPSA) is 43.6 Å². The summed E-state index contributed by atoms with van der Waals surface area (Å²) in [6.45, 7) is 0. The Balaban J connectivity index is 1.12. The summed E-state index contributed by atoms with van der Waals surface area (Å²) in [7, 11) is 0. The molecule has 0 aliphatic rings. The molecule has 0 atom stereocenters. The molecule has 0 saturated heterocycles. The molecule has 0 amide bonds. The van der Waals surface area contributed by atoms with Crippen LogP contribution < -0.4 is 0 Å². The zero-order valence-electron chi connectivity index (χ0n) is 30.2. The van der Waals surface area contributed by atoms with Gasteiger partial charge in [0, 0.05) is 58.9 Å². The van der Waals surface area contributed by atoms with Gasteiger partial charge in [-0.3, -0.25) is 0 Å². The first-order chi connectivity index (χ1) is 27.8. The van der Waals surface area contributed by atoms with Crippen LogP contribution in [-0.2, 0) is 0 Å². The van der Waals surface area contributed by atoms with Crippen LogP contribution in [0.1, 0.15) is 0 Å². The second-order valence-corrected chi connectivity index (χ2v) is 15.1. The maximum Gasteiger partial charge on any atom is 0.164 e. The molecule has 3 heterocycles. The normalized spacial score (nSPS) is 11.6. The number of rotatable bonds is 6. The highest BCUT2D eigenvalue weighted by Gasteiger charge is 2.20. The van der Waals surface area contributed by atoms with Gasteiger partial charge in [-0.15, -0.1) is 11.3 Å². The van der Waals surface area contributed by atoms with Crippen LogP contribution in [0, 0.1) is 0 Å². The van der Waals surface area contributed by atoms with E-state index in [1.165, 1.54) is 47.6 Å². The monoisotopic (exact) mass is 732 g/mol. The number of hydrogen-bond acceptors (Lipinski definition) is 4. The van der Waals surface area contributed by atoms with Gasteiger partial charge >= 0.3 is 0 Å². The lowest BCUT2D eigenvalue weighted by Gasteiger charge is -2.13. The molecule has 11 rings (SSSR count). The van der Waals surface area contributed by atoms with Crippen molar-refractivity contribution < 1.29 is 0 Å². The average Bonchev–Trinajstić information content (AvgIpc) is 3.83. The molecular weight excluding hydrogens is 701 g/mol. The SMILES string of the molecule is c1ccc(-c2nc(-c3ccccc3)nc(-c3cccc(-c4cccc5c4c4ccccc4n5-c4cc(-c5ccccc5)c5sc6ccccc6c5c4)c3)n2)cc1. The molecule has 0 saturated carbocycles. The number of nitrogens with zero attached hydrogens (tertiary/aromatic N) is 4. The number of fused-ring (bicyclic) bond motifs is 6. The number of para-hydroxylation sites is 1. The molecule has 262 valence electrons. The second kappa shape index (κ2) is 13.3. The van der Waals surface area contributed by atoms with Crippen molar-refractivity contribution in [3.8, 4) is 62.1 Å². The zero-order chi connectivity index (χ0) is 37.0. The van der Waals surface area contributed by atoms with E-state index in [4.69, 9.17) is 15.0 Å². The van der Waals surface area contributed by atoms with E-state index in [1.807, 2.05) is 72.0 Å². The van der Waals surface area contributed by atoms with Gasteiger partial charge in [0.1, 0.15) is 0 Å². The number of aromatic nitrogens is 4. The molecule has 5 heteroatoms. The second-order valence-electron chi connectivity index (χ2n) is 14.0. The standard InChI is InChI=1S/C51H32N4S/c1-4-16-33(17-5-1)42-31-38(32-43-40-24-11-13-29-46(40)56-48(42)43)55-44-27-12-10-25-41(44)47-39(26-15-28-45(47)55)36-22-14-23-37(30-36)51-53-49(34-18-6-2-7-19-34)52-50(54-51)35-20-8-3-9-21-35/h1-32H. The minimum absolute atomic E-state index is 0.638. The highest BCUT2D eigenvalue weighted by Crippen LogP contribution is 2.44. The first kappa shape index (κ1) is 32.2. The van der Waals surface area contributed by atoms with Gasteiger partial charge in [-0.1, -0.05) is 158 Å². The lowest BCUT2D eigenvalue weighted by Crippen LogP contribution is -2.00. The Bertz CT molecular complexity index is 3180. The van der Waals surface area contributed by atoms with E-state index in [9.17, 15) is 0 Å². The third-order valence-corrected chi connectivity index (χ3v) is 11.9. The number of benzene rings is 8. The Morgan fingerprint density at radius 3 is 1.61 bits per heavy atom. The van der Waals surface area contributed by atoms with Crippen molar-refractivity contribution >= 4 is 53.3 Å². The molecule has 8 aromatic carbocycles. The Morgan fingerprint density at radius 1 is 0.357 bits per heavy atom. The van der Waals surface area contributed by atoms with Crippen LogP contribution >= 0.6 is 11.3 Å². The summed E-state index contributed by atoms with van der Waals surface area (Å²) in [5.74, 6) is 1.93. The van der Waals surface area contributed by atoms with Crippen molar-refractivity contribution in [2.75, 3.05) is 0 Å². The van der Waals surface area contributed by atoms with Gasteiger partial charge in [0.25, 0.3) is 0 Å². The van der Waals surface area contributed by atoms with E-state index in [0.717, 1.165) is 39.0 Å². The van der Waals surface area contributed by atoms with E-state index in [2.05, 4.69) is 138 Å². The predicted molar refractivity (Wildman–Crippen MR) is 234 cm³/mol. The molecule has 0 fully saturated rings. The molecule has 56 heavy (non-hydrogen) atoms. The molecule has 0 radical (unpaired) electrons. The van der Waals surface area contributed by atoms with Crippen LogP contribution in [0.15, 0.2) is 194 Å². The fourth-order valence-electron chi connectivity index (χ4n) is 8.07. The summed E-state index contributed by atoms with van der Waals surface area (Å²) >= 11 is 1.87. The minimum Gasteiger partial charge on any atom is -0.309 e. The number of thiophene rings is 1. The lowest BCUT2D eigenvalue weighted by atomic mass is 9.97. The van der Waals surface area contributed by atoms with Crippen molar-refractivity contribution in [3.63, 3.8) is 0 Å². The van der Waals surface area contributed by atoms with Crippen LogP contribution in [-0.4, -0.2) is 19.5 Å². The van der Waals surface area contributed by atoms with E-state index in [-0.39, 0.29) is 0 Å². The number of hydrogen-bond donors (Lipinski definition) is 0. The van der Waals surface area contributed by atoms with Gasteiger partial charge in [-0.05, 0) is 53.1 Å². The summed E-state index contributed by atoms with van der Waals surface area (Å²) in [5.41, 5.74) is 11.0. The molecule has 11 aromatic rings. The van der Waals surface area contributed by atoms with Crippen LogP contribution in [0.4, 0.5) is 0 Å². The van der Waals surface area contributed by atoms with Crippen molar-refractivity contribution in [2.45, 2.75) is 0 Å².